The Labute approximate surface area is 181 Å². The highest BCUT2D eigenvalue weighted by atomic mass is 16.5. The number of benzene rings is 2. The van der Waals surface area contributed by atoms with Crippen molar-refractivity contribution in [3.05, 3.63) is 64.2 Å². The van der Waals surface area contributed by atoms with E-state index in [1.807, 2.05) is 46.8 Å². The molecule has 0 fully saturated rings. The molecule has 31 heavy (non-hydrogen) atoms. The van der Waals surface area contributed by atoms with Crippen molar-refractivity contribution in [3.8, 4) is 0 Å². The first-order valence-corrected chi connectivity index (χ1v) is 10.2. The smallest absolute Gasteiger partial charge is 0.338 e. The van der Waals surface area contributed by atoms with Gasteiger partial charge in [-0.3, -0.25) is 14.4 Å². The molecule has 2 aromatic carbocycles. The van der Waals surface area contributed by atoms with Crippen molar-refractivity contribution in [1.29, 1.82) is 0 Å². The number of anilines is 1. The molecule has 3 amide bonds. The lowest BCUT2D eigenvalue weighted by molar-refractivity contribution is -0.125. The van der Waals surface area contributed by atoms with Crippen molar-refractivity contribution >= 4 is 29.4 Å². The fourth-order valence-electron chi connectivity index (χ4n) is 3.22. The van der Waals surface area contributed by atoms with Gasteiger partial charge in [0, 0.05) is 6.04 Å². The molecular weight excluding hydrogens is 396 g/mol. The minimum atomic E-state index is -0.736. The third-order valence-corrected chi connectivity index (χ3v) is 5.45. The Morgan fingerprint density at radius 3 is 2.32 bits per heavy atom. The Morgan fingerprint density at radius 1 is 0.968 bits per heavy atom. The number of ether oxygens (including phenoxy) is 1. The predicted octanol–water partition coefficient (Wildman–Crippen LogP) is 3.42. The number of nitrogens with one attached hydrogen (secondary N) is 1. The van der Waals surface area contributed by atoms with E-state index in [9.17, 15) is 19.2 Å². The van der Waals surface area contributed by atoms with E-state index >= 15 is 0 Å². The number of nitrogens with zero attached hydrogens (tertiary/aromatic N) is 1. The molecule has 1 N–H and O–H groups in total. The van der Waals surface area contributed by atoms with Crippen LogP contribution in [-0.4, -0.2) is 36.3 Å². The standard InChI is InChI=1S/C24H26N2O5/c1-13(2)16(5)25-21(27)12-31-24(30)17-8-9-18-19(11-17)23(29)26(22(18)28)20-10-14(3)6-7-15(20)4/h6-11,13,16H,12H2,1-5H3,(H,25,27). The molecular formula is C24H26N2O5. The SMILES string of the molecule is Cc1ccc(C)c(N2C(=O)c3ccc(C(=O)OCC(=O)NC(C)C(C)C)cc3C2=O)c1. The highest BCUT2D eigenvalue weighted by molar-refractivity contribution is 6.35. The first kappa shape index (κ1) is 22.2. The van der Waals surface area contributed by atoms with Gasteiger partial charge in [-0.1, -0.05) is 26.0 Å². The van der Waals surface area contributed by atoms with Crippen LogP contribution >= 0.6 is 0 Å². The monoisotopic (exact) mass is 422 g/mol. The second-order valence-corrected chi connectivity index (χ2v) is 8.17. The van der Waals surface area contributed by atoms with Gasteiger partial charge in [-0.2, -0.15) is 0 Å². The van der Waals surface area contributed by atoms with Crippen molar-refractivity contribution in [2.45, 2.75) is 40.7 Å². The molecule has 7 heteroatoms. The second kappa shape index (κ2) is 8.71. The van der Waals surface area contributed by atoms with Gasteiger partial charge in [0.05, 0.1) is 22.4 Å². The number of imide groups is 1. The fourth-order valence-corrected chi connectivity index (χ4v) is 3.22. The summed E-state index contributed by atoms with van der Waals surface area (Å²) in [6.45, 7) is 9.10. The number of carbonyl (C=O) groups is 4. The van der Waals surface area contributed by atoms with E-state index in [-0.39, 0.29) is 28.7 Å². The molecule has 0 aromatic heterocycles. The van der Waals surface area contributed by atoms with Gasteiger partial charge in [-0.05, 0) is 62.1 Å². The van der Waals surface area contributed by atoms with Gasteiger partial charge in [0.25, 0.3) is 17.7 Å². The summed E-state index contributed by atoms with van der Waals surface area (Å²) in [5.41, 5.74) is 2.70. The number of hydrogen-bond donors (Lipinski definition) is 1. The van der Waals surface area contributed by atoms with E-state index in [4.69, 9.17) is 4.74 Å². The molecule has 1 aliphatic heterocycles. The zero-order valence-corrected chi connectivity index (χ0v) is 18.3. The molecule has 0 bridgehead atoms. The van der Waals surface area contributed by atoms with E-state index in [2.05, 4.69) is 5.32 Å². The molecule has 2 aromatic rings. The van der Waals surface area contributed by atoms with Gasteiger partial charge >= 0.3 is 5.97 Å². The van der Waals surface area contributed by atoms with Gasteiger partial charge in [0.2, 0.25) is 0 Å². The summed E-state index contributed by atoms with van der Waals surface area (Å²) in [7, 11) is 0. The van der Waals surface area contributed by atoms with Crippen LogP contribution in [0.15, 0.2) is 36.4 Å². The number of esters is 1. The highest BCUT2D eigenvalue weighted by Gasteiger charge is 2.38. The summed E-state index contributed by atoms with van der Waals surface area (Å²) < 4.78 is 5.08. The Kier molecular flexibility index (Phi) is 6.24. The van der Waals surface area contributed by atoms with E-state index in [0.29, 0.717) is 5.69 Å². The number of fused-ring (bicyclic) bond motifs is 1. The van der Waals surface area contributed by atoms with E-state index in [1.54, 1.807) is 6.07 Å². The summed E-state index contributed by atoms with van der Waals surface area (Å²) in [5.74, 6) is -1.81. The summed E-state index contributed by atoms with van der Waals surface area (Å²) in [5, 5.41) is 2.75. The van der Waals surface area contributed by atoms with Crippen molar-refractivity contribution in [3.63, 3.8) is 0 Å². The minimum absolute atomic E-state index is 0.0501. The normalized spacial score (nSPS) is 13.9. The summed E-state index contributed by atoms with van der Waals surface area (Å²) in [6, 6.07) is 9.70. The van der Waals surface area contributed by atoms with Crippen LogP contribution in [0.2, 0.25) is 0 Å². The van der Waals surface area contributed by atoms with Gasteiger partial charge in [0.1, 0.15) is 0 Å². The highest BCUT2D eigenvalue weighted by Crippen LogP contribution is 2.31. The third-order valence-electron chi connectivity index (χ3n) is 5.45. The van der Waals surface area contributed by atoms with Crippen LogP contribution in [-0.2, 0) is 9.53 Å². The lowest BCUT2D eigenvalue weighted by Crippen LogP contribution is -2.38. The van der Waals surface area contributed by atoms with Gasteiger partial charge in [0.15, 0.2) is 6.61 Å². The van der Waals surface area contributed by atoms with Crippen LogP contribution in [0.25, 0.3) is 0 Å². The minimum Gasteiger partial charge on any atom is -0.452 e. The number of carbonyl (C=O) groups excluding carboxylic acids is 4. The maximum atomic E-state index is 13.0. The Balaban J connectivity index is 1.76. The predicted molar refractivity (Wildman–Crippen MR) is 116 cm³/mol. The Hall–Kier alpha value is -3.48. The van der Waals surface area contributed by atoms with Crippen LogP contribution in [0.1, 0.15) is 63.0 Å². The number of aryl methyl sites for hydroxylation is 2. The lowest BCUT2D eigenvalue weighted by Gasteiger charge is -2.17. The molecule has 1 heterocycles. The van der Waals surface area contributed by atoms with E-state index in [0.717, 1.165) is 16.0 Å². The summed E-state index contributed by atoms with van der Waals surface area (Å²) >= 11 is 0. The van der Waals surface area contributed by atoms with Crippen LogP contribution in [0.3, 0.4) is 0 Å². The van der Waals surface area contributed by atoms with Crippen molar-refractivity contribution in [2.24, 2.45) is 5.92 Å². The van der Waals surface area contributed by atoms with Crippen molar-refractivity contribution in [1.82, 2.24) is 5.32 Å². The molecule has 0 spiro atoms. The fraction of sp³-hybridized carbons (Fsp3) is 0.333. The van der Waals surface area contributed by atoms with E-state index < -0.39 is 30.3 Å². The number of hydrogen-bond acceptors (Lipinski definition) is 5. The molecule has 0 saturated heterocycles. The van der Waals surface area contributed by atoms with Crippen LogP contribution in [0, 0.1) is 19.8 Å². The quantitative estimate of drug-likeness (QED) is 0.569. The van der Waals surface area contributed by atoms with Crippen molar-refractivity contribution < 1.29 is 23.9 Å². The maximum Gasteiger partial charge on any atom is 0.338 e. The third kappa shape index (κ3) is 4.50. The van der Waals surface area contributed by atoms with Gasteiger partial charge in [-0.15, -0.1) is 0 Å². The van der Waals surface area contributed by atoms with Crippen LogP contribution in [0.4, 0.5) is 5.69 Å². The van der Waals surface area contributed by atoms with E-state index in [1.165, 1.54) is 18.2 Å². The molecule has 0 aliphatic carbocycles. The average molecular weight is 422 g/mol. The number of amides is 3. The van der Waals surface area contributed by atoms with Crippen LogP contribution < -0.4 is 10.2 Å². The second-order valence-electron chi connectivity index (χ2n) is 8.17. The number of rotatable bonds is 6. The molecule has 1 unspecified atom stereocenters. The molecule has 162 valence electrons. The molecule has 0 saturated carbocycles. The maximum absolute atomic E-state index is 13.0. The average Bonchev–Trinajstić information content (AvgIpc) is 2.97. The first-order chi connectivity index (χ1) is 14.6. The zero-order chi connectivity index (χ0) is 22.9. The molecule has 1 atom stereocenters. The largest absolute Gasteiger partial charge is 0.452 e. The zero-order valence-electron chi connectivity index (χ0n) is 18.3. The Bertz CT molecular complexity index is 1070. The summed E-state index contributed by atoms with van der Waals surface area (Å²) in [4.78, 5) is 51.3. The lowest BCUT2D eigenvalue weighted by atomic mass is 10.1. The topological polar surface area (TPSA) is 92.8 Å². The van der Waals surface area contributed by atoms with Gasteiger partial charge < -0.3 is 10.1 Å². The van der Waals surface area contributed by atoms with Crippen LogP contribution in [0.5, 0.6) is 0 Å². The first-order valence-electron chi connectivity index (χ1n) is 10.2. The molecule has 1 aliphatic rings. The molecule has 7 nitrogen and oxygen atoms in total. The molecule has 3 rings (SSSR count). The summed E-state index contributed by atoms with van der Waals surface area (Å²) in [6.07, 6.45) is 0. The Morgan fingerprint density at radius 2 is 1.65 bits per heavy atom. The van der Waals surface area contributed by atoms with Crippen molar-refractivity contribution in [2.75, 3.05) is 11.5 Å². The van der Waals surface area contributed by atoms with Gasteiger partial charge in [-0.25, -0.2) is 9.69 Å². The molecule has 0 radical (unpaired) electrons.